The summed E-state index contributed by atoms with van der Waals surface area (Å²) in [6.45, 7) is 3.49. The van der Waals surface area contributed by atoms with Crippen LogP contribution in [0.3, 0.4) is 0 Å². The lowest BCUT2D eigenvalue weighted by molar-refractivity contribution is 0.0860. The summed E-state index contributed by atoms with van der Waals surface area (Å²) in [6, 6.07) is 3.61. The number of halogens is 2. The van der Waals surface area contributed by atoms with E-state index in [-0.39, 0.29) is 33.3 Å². The predicted molar refractivity (Wildman–Crippen MR) is 130 cm³/mol. The Morgan fingerprint density at radius 3 is 2.50 bits per heavy atom. The van der Waals surface area contributed by atoms with E-state index in [0.29, 0.717) is 31.5 Å². The number of allylic oxidation sites excluding steroid dienone is 2. The molecule has 2 aromatic rings. The SMILES string of the molecule is CC1=CC(C)(S(=O)(=O)N(N)C(=O)c2ccc(F)c3[nH]ccc23)C(S(=O)(=O)N2CCCC2)C=C1.Cl. The maximum atomic E-state index is 14.0. The zero-order chi connectivity index (χ0) is 24.2. The van der Waals surface area contributed by atoms with Crippen LogP contribution in [0.15, 0.2) is 48.2 Å². The highest BCUT2D eigenvalue weighted by Crippen LogP contribution is 2.38. The number of hydrogen-bond donors (Lipinski definition) is 2. The second-order valence-electron chi connectivity index (χ2n) is 8.47. The van der Waals surface area contributed by atoms with Crippen molar-refractivity contribution in [3.63, 3.8) is 0 Å². The van der Waals surface area contributed by atoms with Gasteiger partial charge in [0.1, 0.15) is 15.8 Å². The van der Waals surface area contributed by atoms with Crippen molar-refractivity contribution in [2.45, 2.75) is 36.7 Å². The summed E-state index contributed by atoms with van der Waals surface area (Å²) in [5, 5.41) is -1.32. The van der Waals surface area contributed by atoms with Crippen molar-refractivity contribution in [2.75, 3.05) is 13.1 Å². The van der Waals surface area contributed by atoms with E-state index < -0.39 is 41.8 Å². The number of H-pyrrole nitrogens is 1. The molecule has 0 spiro atoms. The molecule has 1 aliphatic carbocycles. The highest BCUT2D eigenvalue weighted by atomic mass is 35.5. The summed E-state index contributed by atoms with van der Waals surface area (Å²) in [5.41, 5.74) is 0.418. The smallest absolute Gasteiger partial charge is 0.282 e. The van der Waals surface area contributed by atoms with E-state index in [1.54, 1.807) is 13.0 Å². The number of hydrazine groups is 1. The van der Waals surface area contributed by atoms with Gasteiger partial charge in [0.05, 0.1) is 11.1 Å². The molecule has 2 aliphatic rings. The molecule has 1 fully saturated rings. The van der Waals surface area contributed by atoms with E-state index >= 15 is 0 Å². The largest absolute Gasteiger partial charge is 0.359 e. The summed E-state index contributed by atoms with van der Waals surface area (Å²) >= 11 is 0. The average molecular weight is 533 g/mol. The number of amides is 1. The van der Waals surface area contributed by atoms with Crippen molar-refractivity contribution in [3.8, 4) is 0 Å². The molecule has 34 heavy (non-hydrogen) atoms. The number of nitrogens with one attached hydrogen (secondary N) is 1. The van der Waals surface area contributed by atoms with Gasteiger partial charge in [-0.05, 0) is 44.9 Å². The molecular weight excluding hydrogens is 507 g/mol. The number of carbonyl (C=O) groups excluding carboxylic acids is 1. The first-order chi connectivity index (χ1) is 15.4. The van der Waals surface area contributed by atoms with Crippen molar-refractivity contribution in [2.24, 2.45) is 5.84 Å². The maximum Gasteiger partial charge on any atom is 0.282 e. The van der Waals surface area contributed by atoms with E-state index in [9.17, 15) is 26.0 Å². The summed E-state index contributed by atoms with van der Waals surface area (Å²) < 4.78 is 67.5. The Morgan fingerprint density at radius 2 is 1.85 bits per heavy atom. The van der Waals surface area contributed by atoms with Gasteiger partial charge in [-0.15, -0.1) is 12.4 Å². The minimum Gasteiger partial charge on any atom is -0.359 e. The highest BCUT2D eigenvalue weighted by Gasteiger charge is 2.55. The van der Waals surface area contributed by atoms with Gasteiger partial charge in [0, 0.05) is 24.7 Å². The lowest BCUT2D eigenvalue weighted by atomic mass is 9.97. The quantitative estimate of drug-likeness (QED) is 0.345. The Balaban J connectivity index is 0.00000324. The first-order valence-corrected chi connectivity index (χ1v) is 13.3. The zero-order valence-electron chi connectivity index (χ0n) is 18.6. The number of rotatable bonds is 5. The number of carbonyl (C=O) groups is 1. The van der Waals surface area contributed by atoms with Crippen LogP contribution in [0.5, 0.6) is 0 Å². The fourth-order valence-electron chi connectivity index (χ4n) is 4.48. The number of fused-ring (bicyclic) bond motifs is 1. The molecule has 186 valence electrons. The molecule has 1 saturated heterocycles. The van der Waals surface area contributed by atoms with Crippen molar-refractivity contribution in [3.05, 3.63) is 59.6 Å². The van der Waals surface area contributed by atoms with Crippen LogP contribution in [0.25, 0.3) is 10.9 Å². The van der Waals surface area contributed by atoms with E-state index in [1.807, 2.05) is 0 Å². The first kappa shape index (κ1) is 26.4. The summed E-state index contributed by atoms with van der Waals surface area (Å²) in [6.07, 6.45) is 6.98. The van der Waals surface area contributed by atoms with Gasteiger partial charge < -0.3 is 4.98 Å². The molecule has 4 rings (SSSR count). The lowest BCUT2D eigenvalue weighted by Crippen LogP contribution is -2.60. The molecule has 0 saturated carbocycles. The van der Waals surface area contributed by atoms with Crippen molar-refractivity contribution in [1.29, 1.82) is 0 Å². The second kappa shape index (κ2) is 9.08. The van der Waals surface area contributed by atoms with E-state index in [0.717, 1.165) is 12.1 Å². The van der Waals surface area contributed by atoms with Gasteiger partial charge >= 0.3 is 0 Å². The van der Waals surface area contributed by atoms with Gasteiger partial charge in [-0.3, -0.25) is 4.79 Å². The normalized spacial score (nSPS) is 23.5. The molecular formula is C21H26ClFN4O5S2. The third-order valence-corrected chi connectivity index (χ3v) is 11.0. The Kier molecular flexibility index (Phi) is 7.04. The van der Waals surface area contributed by atoms with E-state index in [1.165, 1.54) is 35.6 Å². The van der Waals surface area contributed by atoms with Crippen LogP contribution in [0.1, 0.15) is 37.0 Å². The standard InChI is InChI=1S/C21H25FN4O5S2.ClH/c1-14-5-8-18(32(28,29)25-11-3-4-12-25)21(2,13-14)33(30,31)26(23)20(27)16-6-7-17(22)19-15(16)9-10-24-19;/h5-10,13,18,24H,3-4,11-12,23H2,1-2H3;1H. The Hall–Kier alpha value is -2.25. The van der Waals surface area contributed by atoms with Gasteiger partial charge in [0.25, 0.3) is 15.9 Å². The molecule has 2 unspecified atom stereocenters. The third kappa shape index (κ3) is 3.97. The Labute approximate surface area is 204 Å². The predicted octanol–water partition coefficient (Wildman–Crippen LogP) is 2.44. The fourth-order valence-corrected chi connectivity index (χ4v) is 8.68. The zero-order valence-corrected chi connectivity index (χ0v) is 21.0. The van der Waals surface area contributed by atoms with Crippen LogP contribution in [-0.2, 0) is 20.0 Å². The maximum absolute atomic E-state index is 14.0. The van der Waals surface area contributed by atoms with Crippen molar-refractivity contribution in [1.82, 2.24) is 13.7 Å². The van der Waals surface area contributed by atoms with Gasteiger partial charge in [-0.1, -0.05) is 23.8 Å². The van der Waals surface area contributed by atoms with Crippen LogP contribution in [0.4, 0.5) is 4.39 Å². The van der Waals surface area contributed by atoms with Crippen LogP contribution in [0, 0.1) is 5.82 Å². The molecule has 1 aromatic carbocycles. The number of aromatic nitrogens is 1. The van der Waals surface area contributed by atoms with Gasteiger partial charge in [-0.2, -0.15) is 4.41 Å². The number of aromatic amines is 1. The van der Waals surface area contributed by atoms with Gasteiger partial charge in [-0.25, -0.2) is 31.4 Å². The second-order valence-corrected chi connectivity index (χ2v) is 12.7. The Bertz CT molecular complexity index is 1400. The molecule has 1 amide bonds. The molecule has 2 atom stereocenters. The number of sulfonamides is 2. The Morgan fingerprint density at radius 1 is 1.21 bits per heavy atom. The number of nitrogens with zero attached hydrogens (tertiary/aromatic N) is 2. The molecule has 13 heteroatoms. The minimum atomic E-state index is -4.74. The molecule has 3 N–H and O–H groups in total. The molecule has 0 bridgehead atoms. The number of benzene rings is 1. The lowest BCUT2D eigenvalue weighted by Gasteiger charge is -2.38. The van der Waals surface area contributed by atoms with Crippen molar-refractivity contribution >= 4 is 49.3 Å². The van der Waals surface area contributed by atoms with Crippen molar-refractivity contribution < 1.29 is 26.0 Å². The fraction of sp³-hybridized carbons (Fsp3) is 0.381. The van der Waals surface area contributed by atoms with Gasteiger partial charge in [0.15, 0.2) is 0 Å². The van der Waals surface area contributed by atoms with Crippen LogP contribution >= 0.6 is 12.4 Å². The third-order valence-electron chi connectivity index (χ3n) is 6.28. The summed E-state index contributed by atoms with van der Waals surface area (Å²) in [5.74, 6) is 4.16. The average Bonchev–Trinajstić information content (AvgIpc) is 3.45. The summed E-state index contributed by atoms with van der Waals surface area (Å²) in [7, 11) is -8.80. The molecule has 0 radical (unpaired) electrons. The number of hydrogen-bond acceptors (Lipinski definition) is 6. The number of nitrogens with two attached hydrogens (primary N) is 1. The topological polar surface area (TPSA) is 134 Å². The highest BCUT2D eigenvalue weighted by molar-refractivity contribution is 7.94. The van der Waals surface area contributed by atoms with E-state index in [4.69, 9.17) is 5.84 Å². The molecule has 2 heterocycles. The summed E-state index contributed by atoms with van der Waals surface area (Å²) in [4.78, 5) is 15.8. The van der Waals surface area contributed by atoms with Gasteiger partial charge in [0.2, 0.25) is 10.0 Å². The van der Waals surface area contributed by atoms with Crippen LogP contribution < -0.4 is 5.84 Å². The van der Waals surface area contributed by atoms with Crippen LogP contribution in [-0.4, -0.2) is 59.5 Å². The molecule has 1 aromatic heterocycles. The first-order valence-electron chi connectivity index (χ1n) is 10.4. The van der Waals surface area contributed by atoms with E-state index in [2.05, 4.69) is 4.98 Å². The molecule has 1 aliphatic heterocycles. The molecule has 9 nitrogen and oxygen atoms in total. The monoisotopic (exact) mass is 532 g/mol. The minimum absolute atomic E-state index is 0. The van der Waals surface area contributed by atoms with Crippen LogP contribution in [0.2, 0.25) is 0 Å².